The fourth-order valence-electron chi connectivity index (χ4n) is 1.05. The van der Waals surface area contributed by atoms with Gasteiger partial charge in [-0.2, -0.15) is 0 Å². The number of ether oxygens (including phenoxy) is 1. The lowest BCUT2D eigenvalue weighted by Gasteiger charge is -1.99. The van der Waals surface area contributed by atoms with Crippen LogP contribution >= 0.6 is 0 Å². The average molecular weight is 181 g/mol. The zero-order valence-electron chi connectivity index (χ0n) is 7.59. The van der Waals surface area contributed by atoms with E-state index >= 15 is 0 Å². The summed E-state index contributed by atoms with van der Waals surface area (Å²) in [6.45, 7) is 3.76. The summed E-state index contributed by atoms with van der Waals surface area (Å²) in [5, 5.41) is 0. The van der Waals surface area contributed by atoms with Gasteiger partial charge in [0.2, 0.25) is 0 Å². The standard InChI is InChI=1S/C9H11NO3/c1-3-13-9(12)8-6(2)7(5-11)4-10-8/h4-5,10H,3H2,1-2H3. The Hall–Kier alpha value is -1.58. The maximum atomic E-state index is 11.2. The molecule has 4 heteroatoms. The van der Waals surface area contributed by atoms with Crippen LogP contribution in [0.3, 0.4) is 0 Å². The molecular weight excluding hydrogens is 170 g/mol. The maximum Gasteiger partial charge on any atom is 0.355 e. The number of hydrogen-bond acceptors (Lipinski definition) is 3. The number of nitrogens with one attached hydrogen (secondary N) is 1. The molecule has 0 aliphatic rings. The van der Waals surface area contributed by atoms with E-state index in [1.807, 2.05) is 0 Å². The summed E-state index contributed by atoms with van der Waals surface area (Å²) in [5.74, 6) is -0.423. The van der Waals surface area contributed by atoms with Crippen molar-refractivity contribution < 1.29 is 14.3 Å². The average Bonchev–Trinajstić information content (AvgIpc) is 2.47. The number of carbonyl (C=O) groups is 2. The molecule has 0 fully saturated rings. The van der Waals surface area contributed by atoms with Crippen LogP contribution in [-0.4, -0.2) is 23.8 Å². The first-order valence-corrected chi connectivity index (χ1v) is 4.01. The third-order valence-electron chi connectivity index (χ3n) is 1.79. The third-order valence-corrected chi connectivity index (χ3v) is 1.79. The number of aromatic amines is 1. The van der Waals surface area contributed by atoms with Crippen molar-refractivity contribution in [2.45, 2.75) is 13.8 Å². The smallest absolute Gasteiger partial charge is 0.355 e. The van der Waals surface area contributed by atoms with Crippen LogP contribution in [0.4, 0.5) is 0 Å². The van der Waals surface area contributed by atoms with E-state index in [-0.39, 0.29) is 0 Å². The topological polar surface area (TPSA) is 59.2 Å². The van der Waals surface area contributed by atoms with E-state index in [2.05, 4.69) is 4.98 Å². The number of rotatable bonds is 3. The minimum absolute atomic E-state index is 0.327. The summed E-state index contributed by atoms with van der Waals surface area (Å²) in [5.41, 5.74) is 1.47. The van der Waals surface area contributed by atoms with E-state index in [0.717, 1.165) is 0 Å². The minimum Gasteiger partial charge on any atom is -0.461 e. The van der Waals surface area contributed by atoms with Gasteiger partial charge < -0.3 is 9.72 Å². The quantitative estimate of drug-likeness (QED) is 0.565. The van der Waals surface area contributed by atoms with Crippen LogP contribution in [0.2, 0.25) is 0 Å². The van der Waals surface area contributed by atoms with Crippen molar-refractivity contribution in [2.75, 3.05) is 6.61 Å². The van der Waals surface area contributed by atoms with Crippen LogP contribution in [-0.2, 0) is 4.74 Å². The van der Waals surface area contributed by atoms with Gasteiger partial charge in [0.05, 0.1) is 6.61 Å². The monoisotopic (exact) mass is 181 g/mol. The van der Waals surface area contributed by atoms with Crippen LogP contribution in [0, 0.1) is 6.92 Å². The number of carbonyl (C=O) groups excluding carboxylic acids is 2. The zero-order chi connectivity index (χ0) is 9.84. The highest BCUT2D eigenvalue weighted by Crippen LogP contribution is 2.11. The molecule has 0 aliphatic carbocycles. The Morgan fingerprint density at radius 3 is 2.85 bits per heavy atom. The first-order valence-electron chi connectivity index (χ1n) is 4.01. The normalized spacial score (nSPS) is 9.69. The van der Waals surface area contributed by atoms with Gasteiger partial charge in [-0.3, -0.25) is 4.79 Å². The van der Waals surface area contributed by atoms with Gasteiger partial charge in [-0.25, -0.2) is 4.79 Å². The third kappa shape index (κ3) is 1.77. The Morgan fingerprint density at radius 2 is 2.38 bits per heavy atom. The molecule has 1 aromatic rings. The summed E-state index contributed by atoms with van der Waals surface area (Å²) in [6.07, 6.45) is 2.20. The van der Waals surface area contributed by atoms with Crippen molar-refractivity contribution in [2.24, 2.45) is 0 Å². The Morgan fingerprint density at radius 1 is 1.69 bits per heavy atom. The van der Waals surface area contributed by atoms with E-state index in [1.165, 1.54) is 6.20 Å². The number of esters is 1. The fraction of sp³-hybridized carbons (Fsp3) is 0.333. The molecule has 13 heavy (non-hydrogen) atoms. The van der Waals surface area contributed by atoms with Gasteiger partial charge in [0, 0.05) is 11.8 Å². The second-order valence-electron chi connectivity index (χ2n) is 2.58. The molecule has 0 aliphatic heterocycles. The van der Waals surface area contributed by atoms with Crippen LogP contribution in [0.1, 0.15) is 33.3 Å². The van der Waals surface area contributed by atoms with E-state index in [0.29, 0.717) is 29.7 Å². The van der Waals surface area contributed by atoms with Crippen molar-refractivity contribution in [3.8, 4) is 0 Å². The molecule has 0 aromatic carbocycles. The van der Waals surface area contributed by atoms with Gasteiger partial charge in [0.1, 0.15) is 5.69 Å². The summed E-state index contributed by atoms with van der Waals surface area (Å²) >= 11 is 0. The first-order chi connectivity index (χ1) is 6.20. The van der Waals surface area contributed by atoms with Crippen LogP contribution in [0.25, 0.3) is 0 Å². The largest absolute Gasteiger partial charge is 0.461 e. The lowest BCUT2D eigenvalue weighted by molar-refractivity contribution is 0.0519. The molecule has 0 radical (unpaired) electrons. The molecule has 4 nitrogen and oxygen atoms in total. The highest BCUT2D eigenvalue weighted by Gasteiger charge is 2.14. The molecule has 70 valence electrons. The molecule has 0 saturated heterocycles. The first kappa shape index (κ1) is 9.51. The van der Waals surface area contributed by atoms with E-state index < -0.39 is 5.97 Å². The number of aldehydes is 1. The highest BCUT2D eigenvalue weighted by molar-refractivity contribution is 5.92. The van der Waals surface area contributed by atoms with Gasteiger partial charge in [-0.15, -0.1) is 0 Å². The van der Waals surface area contributed by atoms with Crippen molar-refractivity contribution in [1.29, 1.82) is 0 Å². The molecular formula is C9H11NO3. The molecule has 1 rings (SSSR count). The number of H-pyrrole nitrogens is 1. The second kappa shape index (κ2) is 3.89. The molecule has 0 atom stereocenters. The van der Waals surface area contributed by atoms with Crippen molar-refractivity contribution in [1.82, 2.24) is 4.98 Å². The summed E-state index contributed by atoms with van der Waals surface area (Å²) < 4.78 is 4.78. The van der Waals surface area contributed by atoms with E-state index in [4.69, 9.17) is 4.74 Å². The molecule has 0 saturated carbocycles. The van der Waals surface area contributed by atoms with Gasteiger partial charge >= 0.3 is 5.97 Å². The molecule has 0 spiro atoms. The SMILES string of the molecule is CCOC(=O)c1[nH]cc(C=O)c1C. The predicted molar refractivity (Wildman–Crippen MR) is 46.9 cm³/mol. The molecule has 0 bridgehead atoms. The van der Waals surface area contributed by atoms with Crippen molar-refractivity contribution in [3.05, 3.63) is 23.0 Å². The summed E-state index contributed by atoms with van der Waals surface area (Å²) in [6, 6.07) is 0. The van der Waals surface area contributed by atoms with Gasteiger partial charge in [-0.05, 0) is 19.4 Å². The number of hydrogen-bond donors (Lipinski definition) is 1. The van der Waals surface area contributed by atoms with Crippen LogP contribution < -0.4 is 0 Å². The number of aromatic nitrogens is 1. The molecule has 1 aromatic heterocycles. The van der Waals surface area contributed by atoms with Crippen molar-refractivity contribution >= 4 is 12.3 Å². The minimum atomic E-state index is -0.423. The molecule has 0 amide bonds. The Balaban J connectivity index is 2.95. The fourth-order valence-corrected chi connectivity index (χ4v) is 1.05. The highest BCUT2D eigenvalue weighted by atomic mass is 16.5. The zero-order valence-corrected chi connectivity index (χ0v) is 7.59. The Labute approximate surface area is 75.9 Å². The second-order valence-corrected chi connectivity index (χ2v) is 2.58. The predicted octanol–water partition coefficient (Wildman–Crippen LogP) is 1.31. The molecule has 0 unspecified atom stereocenters. The molecule has 1 heterocycles. The Kier molecular flexibility index (Phi) is 2.84. The van der Waals surface area contributed by atoms with Crippen LogP contribution in [0.5, 0.6) is 0 Å². The van der Waals surface area contributed by atoms with E-state index in [1.54, 1.807) is 13.8 Å². The molecule has 1 N–H and O–H groups in total. The van der Waals surface area contributed by atoms with Gasteiger partial charge in [-0.1, -0.05) is 0 Å². The summed E-state index contributed by atoms with van der Waals surface area (Å²) in [7, 11) is 0. The lowest BCUT2D eigenvalue weighted by atomic mass is 10.2. The van der Waals surface area contributed by atoms with Gasteiger partial charge in [0.25, 0.3) is 0 Å². The van der Waals surface area contributed by atoms with Gasteiger partial charge in [0.15, 0.2) is 6.29 Å². The van der Waals surface area contributed by atoms with Crippen LogP contribution in [0.15, 0.2) is 6.20 Å². The maximum absolute atomic E-state index is 11.2. The summed E-state index contributed by atoms with van der Waals surface area (Å²) in [4.78, 5) is 24.4. The Bertz CT molecular complexity index is 328. The van der Waals surface area contributed by atoms with E-state index in [9.17, 15) is 9.59 Å². The van der Waals surface area contributed by atoms with Crippen molar-refractivity contribution in [3.63, 3.8) is 0 Å². The lowest BCUT2D eigenvalue weighted by Crippen LogP contribution is -2.06.